The molecule has 0 fully saturated rings. The van der Waals surface area contributed by atoms with Gasteiger partial charge in [0.25, 0.3) is 0 Å². The maximum Gasteiger partial charge on any atom is 0.231 e. The molecule has 0 unspecified atom stereocenters. The maximum absolute atomic E-state index is 5.38. The zero-order chi connectivity index (χ0) is 13.9. The van der Waals surface area contributed by atoms with E-state index in [9.17, 15) is 0 Å². The maximum atomic E-state index is 5.38. The molecule has 2 heterocycles. The Hall–Kier alpha value is -2.30. The number of aryl methyl sites for hydroxylation is 2. The van der Waals surface area contributed by atoms with Crippen LogP contribution in [-0.2, 0) is 13.0 Å². The molecule has 5 nitrogen and oxygen atoms in total. The Bertz CT molecular complexity index is 629. The number of nitrogens with zero attached hydrogens (tertiary/aromatic N) is 2. The smallest absolute Gasteiger partial charge is 0.231 e. The van der Waals surface area contributed by atoms with Gasteiger partial charge in [-0.25, -0.2) is 9.97 Å². The van der Waals surface area contributed by atoms with Gasteiger partial charge in [-0.05, 0) is 31.0 Å². The molecule has 0 saturated carbocycles. The lowest BCUT2D eigenvalue weighted by molar-refractivity contribution is 0.174. The van der Waals surface area contributed by atoms with E-state index in [1.807, 2.05) is 31.3 Å². The van der Waals surface area contributed by atoms with Crippen molar-refractivity contribution in [3.63, 3.8) is 0 Å². The van der Waals surface area contributed by atoms with E-state index in [1.54, 1.807) is 0 Å². The second kappa shape index (κ2) is 5.36. The second-order valence-corrected chi connectivity index (χ2v) is 4.69. The summed E-state index contributed by atoms with van der Waals surface area (Å²) in [6.07, 6.45) is 2.79. The molecule has 0 bridgehead atoms. The van der Waals surface area contributed by atoms with Crippen molar-refractivity contribution in [2.75, 3.05) is 12.1 Å². The zero-order valence-electron chi connectivity index (χ0n) is 11.6. The quantitative estimate of drug-likeness (QED) is 0.926. The molecule has 0 spiro atoms. The van der Waals surface area contributed by atoms with Crippen LogP contribution >= 0.6 is 0 Å². The summed E-state index contributed by atoms with van der Waals surface area (Å²) in [6, 6.07) is 5.96. The van der Waals surface area contributed by atoms with Gasteiger partial charge in [-0.1, -0.05) is 13.0 Å². The first-order valence-corrected chi connectivity index (χ1v) is 6.71. The van der Waals surface area contributed by atoms with Gasteiger partial charge < -0.3 is 14.8 Å². The minimum atomic E-state index is 0.303. The second-order valence-electron chi connectivity index (χ2n) is 4.69. The molecular formula is C15H17N3O2. The number of aromatic nitrogens is 2. The molecule has 3 rings (SSSR count). The van der Waals surface area contributed by atoms with Gasteiger partial charge in [-0.3, -0.25) is 0 Å². The predicted octanol–water partition coefficient (Wildman–Crippen LogP) is 2.69. The largest absolute Gasteiger partial charge is 0.454 e. The summed E-state index contributed by atoms with van der Waals surface area (Å²) in [5.74, 6) is 3.29. The van der Waals surface area contributed by atoms with Crippen LogP contribution in [0.4, 0.5) is 5.82 Å². The first-order chi connectivity index (χ1) is 9.76. The van der Waals surface area contributed by atoms with Gasteiger partial charge in [0, 0.05) is 18.3 Å². The van der Waals surface area contributed by atoms with E-state index >= 15 is 0 Å². The standard InChI is InChI=1S/C15H17N3O2/c1-3-12-8-16-10(2)18-15(12)17-7-11-4-5-13-14(6-11)20-9-19-13/h4-6,8H,3,7,9H2,1-2H3,(H,16,17,18). The lowest BCUT2D eigenvalue weighted by Crippen LogP contribution is -2.06. The van der Waals surface area contributed by atoms with Crippen LogP contribution in [0.5, 0.6) is 11.5 Å². The summed E-state index contributed by atoms with van der Waals surface area (Å²) in [5.41, 5.74) is 2.25. The molecule has 1 aromatic carbocycles. The molecule has 0 atom stereocenters. The highest BCUT2D eigenvalue weighted by Crippen LogP contribution is 2.32. The first-order valence-electron chi connectivity index (χ1n) is 6.71. The lowest BCUT2D eigenvalue weighted by atomic mass is 10.2. The fraction of sp³-hybridized carbons (Fsp3) is 0.333. The zero-order valence-corrected chi connectivity index (χ0v) is 11.6. The predicted molar refractivity (Wildman–Crippen MR) is 76.0 cm³/mol. The first kappa shape index (κ1) is 12.7. The number of anilines is 1. The van der Waals surface area contributed by atoms with Crippen LogP contribution in [-0.4, -0.2) is 16.8 Å². The van der Waals surface area contributed by atoms with Gasteiger partial charge in [-0.2, -0.15) is 0 Å². The SMILES string of the molecule is CCc1cnc(C)nc1NCc1ccc2c(c1)OCO2. The Labute approximate surface area is 118 Å². The number of nitrogens with one attached hydrogen (secondary N) is 1. The van der Waals surface area contributed by atoms with Crippen molar-refractivity contribution in [3.05, 3.63) is 41.3 Å². The number of fused-ring (bicyclic) bond motifs is 1. The molecule has 0 radical (unpaired) electrons. The van der Waals surface area contributed by atoms with Crippen molar-refractivity contribution in [2.45, 2.75) is 26.8 Å². The summed E-state index contributed by atoms with van der Waals surface area (Å²) in [4.78, 5) is 8.68. The Morgan fingerprint density at radius 3 is 2.95 bits per heavy atom. The molecule has 20 heavy (non-hydrogen) atoms. The van der Waals surface area contributed by atoms with Gasteiger partial charge in [0.05, 0.1) is 0 Å². The minimum Gasteiger partial charge on any atom is -0.454 e. The van der Waals surface area contributed by atoms with Crippen molar-refractivity contribution in [2.24, 2.45) is 0 Å². The molecule has 2 aromatic rings. The molecule has 0 amide bonds. The Morgan fingerprint density at radius 1 is 1.25 bits per heavy atom. The van der Waals surface area contributed by atoms with Gasteiger partial charge in [0.1, 0.15) is 11.6 Å². The molecule has 0 aliphatic carbocycles. The van der Waals surface area contributed by atoms with Crippen LogP contribution in [0.3, 0.4) is 0 Å². The van der Waals surface area contributed by atoms with Crippen molar-refractivity contribution >= 4 is 5.82 Å². The minimum absolute atomic E-state index is 0.303. The number of rotatable bonds is 4. The molecule has 0 saturated heterocycles. The highest BCUT2D eigenvalue weighted by molar-refractivity contribution is 5.47. The van der Waals surface area contributed by atoms with Crippen LogP contribution in [0.2, 0.25) is 0 Å². The van der Waals surface area contributed by atoms with Crippen LogP contribution in [0.1, 0.15) is 23.9 Å². The van der Waals surface area contributed by atoms with Crippen LogP contribution in [0.25, 0.3) is 0 Å². The summed E-state index contributed by atoms with van der Waals surface area (Å²) in [6.45, 7) is 4.99. The van der Waals surface area contributed by atoms with E-state index in [1.165, 1.54) is 0 Å². The van der Waals surface area contributed by atoms with E-state index in [0.717, 1.165) is 40.7 Å². The summed E-state index contributed by atoms with van der Waals surface area (Å²) >= 11 is 0. The molecule has 104 valence electrons. The molecular weight excluding hydrogens is 254 g/mol. The summed E-state index contributed by atoms with van der Waals surface area (Å²) in [5, 5.41) is 3.36. The van der Waals surface area contributed by atoms with E-state index in [2.05, 4.69) is 22.2 Å². The third kappa shape index (κ3) is 2.52. The fourth-order valence-electron chi connectivity index (χ4n) is 2.14. The Kier molecular flexibility index (Phi) is 3.41. The third-order valence-electron chi connectivity index (χ3n) is 3.26. The van der Waals surface area contributed by atoms with E-state index in [4.69, 9.17) is 9.47 Å². The Balaban J connectivity index is 1.75. The highest BCUT2D eigenvalue weighted by Gasteiger charge is 2.13. The third-order valence-corrected chi connectivity index (χ3v) is 3.26. The van der Waals surface area contributed by atoms with E-state index in [-0.39, 0.29) is 0 Å². The van der Waals surface area contributed by atoms with Crippen molar-refractivity contribution in [3.8, 4) is 11.5 Å². The summed E-state index contributed by atoms with van der Waals surface area (Å²) in [7, 11) is 0. The molecule has 5 heteroatoms. The van der Waals surface area contributed by atoms with Crippen molar-refractivity contribution < 1.29 is 9.47 Å². The van der Waals surface area contributed by atoms with Gasteiger partial charge in [0.2, 0.25) is 6.79 Å². The van der Waals surface area contributed by atoms with E-state index < -0.39 is 0 Å². The van der Waals surface area contributed by atoms with Gasteiger partial charge in [0.15, 0.2) is 11.5 Å². The average molecular weight is 271 g/mol. The molecule has 1 aliphatic heterocycles. The number of ether oxygens (including phenoxy) is 2. The van der Waals surface area contributed by atoms with Crippen molar-refractivity contribution in [1.29, 1.82) is 0 Å². The normalized spacial score (nSPS) is 12.5. The molecule has 1 N–H and O–H groups in total. The van der Waals surface area contributed by atoms with Gasteiger partial charge >= 0.3 is 0 Å². The number of benzene rings is 1. The monoisotopic (exact) mass is 271 g/mol. The number of hydrogen-bond acceptors (Lipinski definition) is 5. The van der Waals surface area contributed by atoms with E-state index in [0.29, 0.717) is 13.3 Å². The highest BCUT2D eigenvalue weighted by atomic mass is 16.7. The molecule has 1 aromatic heterocycles. The summed E-state index contributed by atoms with van der Waals surface area (Å²) < 4.78 is 10.7. The van der Waals surface area contributed by atoms with Crippen molar-refractivity contribution in [1.82, 2.24) is 9.97 Å². The van der Waals surface area contributed by atoms with Crippen LogP contribution in [0, 0.1) is 6.92 Å². The number of hydrogen-bond donors (Lipinski definition) is 1. The van der Waals surface area contributed by atoms with Gasteiger partial charge in [-0.15, -0.1) is 0 Å². The van der Waals surface area contributed by atoms with Crippen LogP contribution < -0.4 is 14.8 Å². The topological polar surface area (TPSA) is 56.3 Å². The molecule has 1 aliphatic rings. The fourth-order valence-corrected chi connectivity index (χ4v) is 2.14. The average Bonchev–Trinajstić information content (AvgIpc) is 2.92. The van der Waals surface area contributed by atoms with Crippen LogP contribution in [0.15, 0.2) is 24.4 Å². The Morgan fingerprint density at radius 2 is 2.10 bits per heavy atom. The lowest BCUT2D eigenvalue weighted by Gasteiger charge is -2.10.